The molecule has 0 amide bonds. The molecule has 0 aliphatic carbocycles. The average Bonchev–Trinajstić information content (AvgIpc) is 3.39. The first kappa shape index (κ1) is 20.9. The molecule has 1 fully saturated rings. The lowest BCUT2D eigenvalue weighted by Gasteiger charge is -2.42. The van der Waals surface area contributed by atoms with Gasteiger partial charge >= 0.3 is 0 Å². The third kappa shape index (κ3) is 3.53. The summed E-state index contributed by atoms with van der Waals surface area (Å²) in [7, 11) is 0. The van der Waals surface area contributed by atoms with Crippen LogP contribution >= 0.6 is 0 Å². The van der Waals surface area contributed by atoms with Crippen molar-refractivity contribution in [2.24, 2.45) is 0 Å². The van der Waals surface area contributed by atoms with E-state index in [-0.39, 0.29) is 5.60 Å². The summed E-state index contributed by atoms with van der Waals surface area (Å²) >= 11 is 0. The molecule has 4 heterocycles. The molecule has 6 heteroatoms. The van der Waals surface area contributed by atoms with Gasteiger partial charge in [0.1, 0.15) is 23.5 Å². The number of fused-ring (bicyclic) bond motifs is 2. The van der Waals surface area contributed by atoms with Crippen molar-refractivity contribution in [3.8, 4) is 22.6 Å². The molecular formula is C30H25N5O. The highest BCUT2D eigenvalue weighted by Crippen LogP contribution is 2.40. The Bertz CT molecular complexity index is 1570. The minimum atomic E-state index is -0.280. The number of ether oxygens (including phenoxy) is 1. The second kappa shape index (κ2) is 8.34. The molecule has 0 N–H and O–H groups in total. The second-order valence-corrected chi connectivity index (χ2v) is 9.43. The number of hydrogen-bond acceptors (Lipinski definition) is 5. The van der Waals surface area contributed by atoms with E-state index in [0.29, 0.717) is 0 Å². The van der Waals surface area contributed by atoms with E-state index in [4.69, 9.17) is 4.74 Å². The normalized spacial score (nSPS) is 16.2. The lowest BCUT2D eigenvalue weighted by Crippen LogP contribution is -2.48. The summed E-state index contributed by atoms with van der Waals surface area (Å²) in [5, 5.41) is 5.58. The van der Waals surface area contributed by atoms with E-state index in [1.54, 1.807) is 6.33 Å². The standard InChI is InChI=1S/C30H25N5O/c1-3-7-22(8-4-1)23-11-12-27-24(19-23)13-14-30(36-27)15-17-34(18-16-30)28-26-20-33-35(29(26)32-21-31-28)25-9-5-2-6-10-25/h1-14,19-21H,15-18H2. The van der Waals surface area contributed by atoms with Crippen molar-refractivity contribution in [1.82, 2.24) is 19.7 Å². The van der Waals surface area contributed by atoms with Crippen LogP contribution in [0.3, 0.4) is 0 Å². The van der Waals surface area contributed by atoms with Crippen LogP contribution in [-0.4, -0.2) is 38.4 Å². The molecule has 0 atom stereocenters. The third-order valence-corrected chi connectivity index (χ3v) is 7.25. The summed E-state index contributed by atoms with van der Waals surface area (Å²) < 4.78 is 8.50. The largest absolute Gasteiger partial charge is 0.482 e. The molecule has 2 aromatic heterocycles. The summed E-state index contributed by atoms with van der Waals surface area (Å²) in [4.78, 5) is 11.5. The molecule has 3 aromatic carbocycles. The van der Waals surface area contributed by atoms with Crippen molar-refractivity contribution in [1.29, 1.82) is 0 Å². The van der Waals surface area contributed by atoms with E-state index < -0.39 is 0 Å². The maximum Gasteiger partial charge on any atom is 0.168 e. The summed E-state index contributed by atoms with van der Waals surface area (Å²) in [6, 6.07) is 27.0. The maximum atomic E-state index is 6.62. The zero-order chi connectivity index (χ0) is 24.0. The first-order chi connectivity index (χ1) is 17.8. The minimum absolute atomic E-state index is 0.280. The molecule has 0 saturated carbocycles. The Balaban J connectivity index is 1.12. The zero-order valence-corrected chi connectivity index (χ0v) is 19.8. The van der Waals surface area contributed by atoms with Crippen molar-refractivity contribution in [2.45, 2.75) is 18.4 Å². The molecule has 0 bridgehead atoms. The fourth-order valence-electron chi connectivity index (χ4n) is 5.28. The average molecular weight is 472 g/mol. The predicted octanol–water partition coefficient (Wildman–Crippen LogP) is 5.93. The Labute approximate surface area is 209 Å². The van der Waals surface area contributed by atoms with Gasteiger partial charge in [0.25, 0.3) is 0 Å². The van der Waals surface area contributed by atoms with Crippen LogP contribution in [0, 0.1) is 0 Å². The second-order valence-electron chi connectivity index (χ2n) is 9.43. The monoisotopic (exact) mass is 471 g/mol. The predicted molar refractivity (Wildman–Crippen MR) is 142 cm³/mol. The number of aromatic nitrogens is 4. The highest BCUT2D eigenvalue weighted by atomic mass is 16.5. The van der Waals surface area contributed by atoms with Gasteiger partial charge in [-0.3, -0.25) is 0 Å². The number of hydrogen-bond donors (Lipinski definition) is 0. The number of benzene rings is 3. The molecule has 2 aliphatic heterocycles. The van der Waals surface area contributed by atoms with Crippen molar-refractivity contribution in [2.75, 3.05) is 18.0 Å². The van der Waals surface area contributed by atoms with E-state index in [1.807, 2.05) is 47.3 Å². The van der Waals surface area contributed by atoms with Crippen molar-refractivity contribution >= 4 is 22.9 Å². The Kier molecular flexibility index (Phi) is 4.84. The van der Waals surface area contributed by atoms with Crippen molar-refractivity contribution in [3.05, 3.63) is 103 Å². The van der Waals surface area contributed by atoms with Crippen LogP contribution < -0.4 is 9.64 Å². The smallest absolute Gasteiger partial charge is 0.168 e. The van der Waals surface area contributed by atoms with E-state index >= 15 is 0 Å². The summed E-state index contributed by atoms with van der Waals surface area (Å²) in [6.07, 6.45) is 9.78. The summed E-state index contributed by atoms with van der Waals surface area (Å²) in [5.74, 6) is 1.89. The van der Waals surface area contributed by atoms with Crippen LogP contribution in [0.15, 0.2) is 97.5 Å². The Morgan fingerprint density at radius 1 is 0.806 bits per heavy atom. The number of rotatable bonds is 3. The zero-order valence-electron chi connectivity index (χ0n) is 19.8. The lowest BCUT2D eigenvalue weighted by atomic mass is 9.87. The van der Waals surface area contributed by atoms with Crippen LogP contribution in [0.5, 0.6) is 5.75 Å². The molecule has 2 aliphatic rings. The van der Waals surface area contributed by atoms with Crippen LogP contribution in [0.4, 0.5) is 5.82 Å². The van der Waals surface area contributed by atoms with E-state index in [0.717, 1.165) is 59.8 Å². The molecule has 0 unspecified atom stereocenters. The molecule has 176 valence electrons. The van der Waals surface area contributed by atoms with Gasteiger partial charge in [0.05, 0.1) is 17.3 Å². The van der Waals surface area contributed by atoms with Gasteiger partial charge < -0.3 is 9.64 Å². The van der Waals surface area contributed by atoms with Crippen LogP contribution in [0.1, 0.15) is 18.4 Å². The maximum absolute atomic E-state index is 6.62. The molecule has 7 rings (SSSR count). The fourth-order valence-corrected chi connectivity index (χ4v) is 5.28. The Morgan fingerprint density at radius 2 is 1.58 bits per heavy atom. The Hall–Kier alpha value is -4.45. The SMILES string of the molecule is C1=CC2(CCN(c3ncnc4c3cnn4-c3ccccc3)CC2)Oc2ccc(-c3ccccc3)cc21. The van der Waals surface area contributed by atoms with Gasteiger partial charge in [0.15, 0.2) is 5.65 Å². The first-order valence-electron chi connectivity index (χ1n) is 12.3. The van der Waals surface area contributed by atoms with E-state index in [9.17, 15) is 0 Å². The van der Waals surface area contributed by atoms with Crippen LogP contribution in [0.25, 0.3) is 33.9 Å². The van der Waals surface area contributed by atoms with Gasteiger partial charge in [0, 0.05) is 31.5 Å². The minimum Gasteiger partial charge on any atom is -0.482 e. The highest BCUT2D eigenvalue weighted by molar-refractivity contribution is 5.87. The topological polar surface area (TPSA) is 56.1 Å². The quantitative estimate of drug-likeness (QED) is 0.327. The van der Waals surface area contributed by atoms with Crippen molar-refractivity contribution < 1.29 is 4.74 Å². The van der Waals surface area contributed by atoms with E-state index in [1.165, 1.54) is 11.1 Å². The molecule has 1 spiro atoms. The number of piperidine rings is 1. The molecule has 5 aromatic rings. The third-order valence-electron chi connectivity index (χ3n) is 7.25. The Morgan fingerprint density at radius 3 is 2.39 bits per heavy atom. The van der Waals surface area contributed by atoms with Gasteiger partial charge in [-0.25, -0.2) is 14.6 Å². The van der Waals surface area contributed by atoms with E-state index in [2.05, 4.69) is 74.6 Å². The van der Waals surface area contributed by atoms with Crippen molar-refractivity contribution in [3.63, 3.8) is 0 Å². The summed E-state index contributed by atoms with van der Waals surface area (Å²) in [5.41, 5.74) is 5.09. The molecule has 0 radical (unpaired) electrons. The molecule has 1 saturated heterocycles. The number of anilines is 1. The van der Waals surface area contributed by atoms with Crippen LogP contribution in [0.2, 0.25) is 0 Å². The van der Waals surface area contributed by atoms with Crippen LogP contribution in [-0.2, 0) is 0 Å². The summed E-state index contributed by atoms with van der Waals surface area (Å²) in [6.45, 7) is 1.70. The fraction of sp³-hybridized carbons (Fsp3) is 0.167. The molecule has 36 heavy (non-hydrogen) atoms. The number of para-hydroxylation sites is 1. The van der Waals surface area contributed by atoms with Gasteiger partial charge in [-0.05, 0) is 41.5 Å². The lowest BCUT2D eigenvalue weighted by molar-refractivity contribution is 0.0892. The molecule has 6 nitrogen and oxygen atoms in total. The van der Waals surface area contributed by atoms with Gasteiger partial charge in [-0.1, -0.05) is 60.7 Å². The first-order valence-corrected chi connectivity index (χ1v) is 12.3. The van der Waals surface area contributed by atoms with Gasteiger partial charge in [-0.15, -0.1) is 0 Å². The molecular weight excluding hydrogens is 446 g/mol. The number of nitrogens with zero attached hydrogens (tertiary/aromatic N) is 5. The van der Waals surface area contributed by atoms with Gasteiger partial charge in [0.2, 0.25) is 0 Å². The highest BCUT2D eigenvalue weighted by Gasteiger charge is 2.37. The van der Waals surface area contributed by atoms with Gasteiger partial charge in [-0.2, -0.15) is 5.10 Å².